The van der Waals surface area contributed by atoms with Crippen molar-refractivity contribution in [3.63, 3.8) is 0 Å². The maximum Gasteiger partial charge on any atom is 0.275 e. The van der Waals surface area contributed by atoms with Crippen LogP contribution in [-0.2, 0) is 0 Å². The molecule has 0 aliphatic rings. The van der Waals surface area contributed by atoms with Gasteiger partial charge < -0.3 is 15.0 Å². The molecule has 0 saturated carbocycles. The molecule has 0 spiro atoms. The van der Waals surface area contributed by atoms with Crippen LogP contribution in [0, 0.1) is 12.1 Å². The number of fused-ring (bicyclic) bond motifs is 1. The summed E-state index contributed by atoms with van der Waals surface area (Å²) in [6, 6.07) is 0. The number of aryl methyl sites for hydroxylation is 1. The molecule has 2 rings (SSSR count). The van der Waals surface area contributed by atoms with Crippen LogP contribution in [0.5, 0.6) is 0 Å². The summed E-state index contributed by atoms with van der Waals surface area (Å²) in [5.74, 6) is 1.17. The highest BCUT2D eigenvalue weighted by Gasteiger charge is 2.20. The van der Waals surface area contributed by atoms with Gasteiger partial charge in [-0.3, -0.25) is 0 Å². The van der Waals surface area contributed by atoms with E-state index < -0.39 is 0 Å². The van der Waals surface area contributed by atoms with Gasteiger partial charge in [0, 0.05) is 35.1 Å². The van der Waals surface area contributed by atoms with Crippen LogP contribution >= 0.6 is 0 Å². The lowest BCUT2D eigenvalue weighted by molar-refractivity contribution is -0.679. The van der Waals surface area contributed by atoms with Crippen molar-refractivity contribution in [2.45, 2.75) is 6.92 Å². The minimum absolute atomic E-state index is 0.411. The second kappa shape index (κ2) is 4.21. The maximum absolute atomic E-state index is 11.5. The van der Waals surface area contributed by atoms with Crippen molar-refractivity contribution >= 4 is 22.8 Å². The predicted octanol–water partition coefficient (Wildman–Crippen LogP) is -0.506. The van der Waals surface area contributed by atoms with E-state index in [0.717, 1.165) is 0 Å². The van der Waals surface area contributed by atoms with E-state index in [4.69, 9.17) is 0 Å². The van der Waals surface area contributed by atoms with Gasteiger partial charge in [0.1, 0.15) is 5.21 Å². The molecule has 96 valence electrons. The Morgan fingerprint density at radius 2 is 1.67 bits per heavy atom. The van der Waals surface area contributed by atoms with E-state index in [0.29, 0.717) is 33.3 Å². The Morgan fingerprint density at radius 3 is 2.22 bits per heavy atom. The van der Waals surface area contributed by atoms with E-state index in [1.165, 1.54) is 0 Å². The van der Waals surface area contributed by atoms with Gasteiger partial charge in [0.05, 0.1) is 5.10 Å². The summed E-state index contributed by atoms with van der Waals surface area (Å²) in [5, 5.41) is 18.8. The van der Waals surface area contributed by atoms with Gasteiger partial charge in [-0.05, 0) is 0 Å². The highest BCUT2D eigenvalue weighted by Crippen LogP contribution is 2.22. The zero-order valence-electron chi connectivity index (χ0n) is 11.0. The molecule has 0 N–H and O–H groups in total. The lowest BCUT2D eigenvalue weighted by Gasteiger charge is -2.16. The molecular formula is C10H15N7O. The molecule has 0 aromatic carbocycles. The van der Waals surface area contributed by atoms with Crippen LogP contribution in [0.25, 0.3) is 11.0 Å². The van der Waals surface area contributed by atoms with E-state index in [-0.39, 0.29) is 0 Å². The molecule has 0 saturated heterocycles. The van der Waals surface area contributed by atoms with Crippen LogP contribution in [0.2, 0.25) is 0 Å². The third-order valence-corrected chi connectivity index (χ3v) is 2.53. The Kier molecular flexibility index (Phi) is 2.85. The first kappa shape index (κ1) is 12.2. The second-order valence-corrected chi connectivity index (χ2v) is 4.38. The van der Waals surface area contributed by atoms with Crippen molar-refractivity contribution in [3.05, 3.63) is 10.9 Å². The van der Waals surface area contributed by atoms with Gasteiger partial charge in [-0.15, -0.1) is 4.85 Å². The van der Waals surface area contributed by atoms with Gasteiger partial charge >= 0.3 is 0 Å². The Balaban J connectivity index is 2.85. The lowest BCUT2D eigenvalue weighted by atomic mass is 10.3. The molecule has 0 atom stereocenters. The van der Waals surface area contributed by atoms with Crippen LogP contribution < -0.4 is 14.6 Å². The highest BCUT2D eigenvalue weighted by molar-refractivity contribution is 5.86. The molecule has 2 aromatic rings. The number of aromatic nitrogens is 5. The molecule has 18 heavy (non-hydrogen) atoms. The first-order valence-electron chi connectivity index (χ1n) is 5.41. The minimum Gasteiger partial charge on any atom is -0.691 e. The molecule has 0 amide bonds. The van der Waals surface area contributed by atoms with Crippen LogP contribution in [0.15, 0.2) is 0 Å². The maximum atomic E-state index is 11.5. The van der Waals surface area contributed by atoms with Crippen LogP contribution in [0.3, 0.4) is 0 Å². The topological polar surface area (TPSA) is 85.0 Å². The molecule has 8 heteroatoms. The largest absolute Gasteiger partial charge is 0.691 e. The fraction of sp³-hybridized carbons (Fsp3) is 0.500. The molecule has 2 heterocycles. The summed E-state index contributed by atoms with van der Waals surface area (Å²) in [4.78, 5) is 12.8. The van der Waals surface area contributed by atoms with Gasteiger partial charge in [0.25, 0.3) is 5.52 Å². The summed E-state index contributed by atoms with van der Waals surface area (Å²) in [6.45, 7) is 1.66. The monoisotopic (exact) mass is 249 g/mol. The summed E-state index contributed by atoms with van der Waals surface area (Å²) < 4.78 is 0. The van der Waals surface area contributed by atoms with Crippen molar-refractivity contribution in [3.8, 4) is 0 Å². The first-order valence-corrected chi connectivity index (χ1v) is 5.41. The fourth-order valence-corrected chi connectivity index (χ4v) is 1.53. The van der Waals surface area contributed by atoms with Gasteiger partial charge in [0.2, 0.25) is 5.95 Å². The van der Waals surface area contributed by atoms with E-state index >= 15 is 0 Å². The molecule has 0 unspecified atom stereocenters. The standard InChI is InChI=1S/C10H15N7O/c1-6-7-8(13-14-17(6)18)9(15(2)3)12-10(11-7)16(4)5/h1-5H3. The average molecular weight is 249 g/mol. The number of rotatable bonds is 2. The molecule has 0 bridgehead atoms. The lowest BCUT2D eigenvalue weighted by Crippen LogP contribution is -2.36. The molecule has 0 radical (unpaired) electrons. The quantitative estimate of drug-likeness (QED) is 0.523. The van der Waals surface area contributed by atoms with Crippen molar-refractivity contribution in [1.29, 1.82) is 0 Å². The summed E-state index contributed by atoms with van der Waals surface area (Å²) in [7, 11) is 7.40. The number of nitrogens with zero attached hydrogens (tertiary/aromatic N) is 7. The third-order valence-electron chi connectivity index (χ3n) is 2.53. The van der Waals surface area contributed by atoms with Crippen molar-refractivity contribution in [2.24, 2.45) is 0 Å². The van der Waals surface area contributed by atoms with Crippen molar-refractivity contribution < 1.29 is 4.85 Å². The van der Waals surface area contributed by atoms with E-state index in [1.807, 2.05) is 33.1 Å². The van der Waals surface area contributed by atoms with Crippen LogP contribution in [-0.4, -0.2) is 48.5 Å². The smallest absolute Gasteiger partial charge is 0.275 e. The van der Waals surface area contributed by atoms with Crippen molar-refractivity contribution in [2.75, 3.05) is 38.0 Å². The van der Waals surface area contributed by atoms with Gasteiger partial charge in [-0.25, -0.2) is 4.98 Å². The Bertz CT molecular complexity index is 596. The molecule has 0 aliphatic carbocycles. The third kappa shape index (κ3) is 1.85. The number of hydrogen-bond donors (Lipinski definition) is 0. The second-order valence-electron chi connectivity index (χ2n) is 4.38. The fourth-order valence-electron chi connectivity index (χ4n) is 1.53. The first-order chi connectivity index (χ1) is 8.41. The minimum atomic E-state index is 0.411. The van der Waals surface area contributed by atoms with Gasteiger partial charge in [-0.2, -0.15) is 4.98 Å². The van der Waals surface area contributed by atoms with E-state index in [2.05, 4.69) is 20.3 Å². The van der Waals surface area contributed by atoms with Crippen molar-refractivity contribution in [1.82, 2.24) is 20.3 Å². The highest BCUT2D eigenvalue weighted by atomic mass is 16.5. The van der Waals surface area contributed by atoms with E-state index in [1.54, 1.807) is 11.8 Å². The summed E-state index contributed by atoms with van der Waals surface area (Å²) in [5.41, 5.74) is 1.45. The van der Waals surface area contributed by atoms with Gasteiger partial charge in [0.15, 0.2) is 17.0 Å². The number of hydrogen-bond acceptors (Lipinski definition) is 7. The Morgan fingerprint density at radius 1 is 1.00 bits per heavy atom. The van der Waals surface area contributed by atoms with Gasteiger partial charge in [-0.1, -0.05) is 0 Å². The normalized spacial score (nSPS) is 10.7. The molecule has 0 fully saturated rings. The van der Waals surface area contributed by atoms with Crippen LogP contribution in [0.1, 0.15) is 5.69 Å². The van der Waals surface area contributed by atoms with E-state index in [9.17, 15) is 5.21 Å². The molecular weight excluding hydrogens is 234 g/mol. The zero-order valence-corrected chi connectivity index (χ0v) is 11.0. The summed E-state index contributed by atoms with van der Waals surface area (Å²) >= 11 is 0. The molecule has 0 aliphatic heterocycles. The Labute approximate surface area is 104 Å². The summed E-state index contributed by atoms with van der Waals surface area (Å²) in [6.07, 6.45) is 0. The Hall–Kier alpha value is -2.25. The zero-order chi connectivity index (χ0) is 13.4. The average Bonchev–Trinajstić information content (AvgIpc) is 2.32. The predicted molar refractivity (Wildman–Crippen MR) is 67.5 cm³/mol. The number of anilines is 2. The van der Waals surface area contributed by atoms with Crippen LogP contribution in [0.4, 0.5) is 11.8 Å². The molecule has 2 aromatic heterocycles. The SMILES string of the molecule is Cc1c2nc(N(C)C)nc(N(C)C)c2nn[n+]1[O-]. The molecule has 8 nitrogen and oxygen atoms in total.